The number of halogens is 1. The summed E-state index contributed by atoms with van der Waals surface area (Å²) < 4.78 is 12.4. The zero-order valence-electron chi connectivity index (χ0n) is 11.4. The first kappa shape index (κ1) is 13.2. The number of rotatable bonds is 2. The normalized spacial score (nSPS) is 17.9. The van der Waals surface area contributed by atoms with Crippen molar-refractivity contribution in [2.24, 2.45) is 5.92 Å². The first-order valence-electron chi connectivity index (χ1n) is 6.49. The monoisotopic (exact) mass is 294 g/mol. The molecule has 1 aliphatic heterocycles. The SMILES string of the molecule is COC(=O)C1CCc2c(Cl)nc(-c3ccc(C)o3)n2C1. The topological polar surface area (TPSA) is 57.3 Å². The molecule has 2 aromatic rings. The molecule has 3 heterocycles. The van der Waals surface area contributed by atoms with Crippen molar-refractivity contribution in [1.29, 1.82) is 0 Å². The van der Waals surface area contributed by atoms with Gasteiger partial charge in [0, 0.05) is 6.54 Å². The van der Waals surface area contributed by atoms with Crippen LogP contribution in [0.2, 0.25) is 5.15 Å². The number of esters is 1. The van der Waals surface area contributed by atoms with E-state index in [0.29, 0.717) is 29.7 Å². The first-order chi connectivity index (χ1) is 9.60. The van der Waals surface area contributed by atoms with Gasteiger partial charge in [0.05, 0.1) is 18.7 Å². The van der Waals surface area contributed by atoms with Crippen molar-refractivity contribution in [3.8, 4) is 11.6 Å². The Kier molecular flexibility index (Phi) is 3.30. The van der Waals surface area contributed by atoms with Crippen LogP contribution in [-0.4, -0.2) is 22.6 Å². The Morgan fingerprint density at radius 2 is 2.35 bits per heavy atom. The van der Waals surface area contributed by atoms with E-state index in [1.807, 2.05) is 23.6 Å². The number of methoxy groups -OCH3 is 1. The second kappa shape index (κ2) is 4.98. The fourth-order valence-electron chi connectivity index (χ4n) is 2.62. The fraction of sp³-hybridized carbons (Fsp3) is 0.429. The van der Waals surface area contributed by atoms with Crippen LogP contribution in [0.4, 0.5) is 0 Å². The molecule has 106 valence electrons. The lowest BCUT2D eigenvalue weighted by atomic mass is 9.98. The molecule has 3 rings (SSSR count). The Morgan fingerprint density at radius 3 is 3.00 bits per heavy atom. The number of carbonyl (C=O) groups is 1. The number of fused-ring (bicyclic) bond motifs is 1. The molecule has 0 saturated carbocycles. The van der Waals surface area contributed by atoms with Gasteiger partial charge in [-0.25, -0.2) is 4.98 Å². The lowest BCUT2D eigenvalue weighted by Gasteiger charge is -2.23. The maximum absolute atomic E-state index is 11.7. The van der Waals surface area contributed by atoms with Crippen LogP contribution in [0.3, 0.4) is 0 Å². The van der Waals surface area contributed by atoms with Crippen molar-refractivity contribution in [3.63, 3.8) is 0 Å². The summed E-state index contributed by atoms with van der Waals surface area (Å²) in [6, 6.07) is 3.74. The Hall–Kier alpha value is -1.75. The highest BCUT2D eigenvalue weighted by Gasteiger charge is 2.30. The highest BCUT2D eigenvalue weighted by molar-refractivity contribution is 6.30. The van der Waals surface area contributed by atoms with Crippen molar-refractivity contribution in [1.82, 2.24) is 9.55 Å². The van der Waals surface area contributed by atoms with Gasteiger partial charge in [0.15, 0.2) is 16.7 Å². The molecule has 0 radical (unpaired) electrons. The van der Waals surface area contributed by atoms with Gasteiger partial charge in [-0.1, -0.05) is 11.6 Å². The van der Waals surface area contributed by atoms with Crippen molar-refractivity contribution in [2.45, 2.75) is 26.3 Å². The van der Waals surface area contributed by atoms with Crippen LogP contribution in [0.5, 0.6) is 0 Å². The second-order valence-electron chi connectivity index (χ2n) is 4.95. The second-order valence-corrected chi connectivity index (χ2v) is 5.31. The van der Waals surface area contributed by atoms with Crippen molar-refractivity contribution in [2.75, 3.05) is 7.11 Å². The van der Waals surface area contributed by atoms with Gasteiger partial charge in [-0.15, -0.1) is 0 Å². The standard InChI is InChI=1S/C14H15ClN2O3/c1-8-3-6-11(20-8)13-16-12(15)10-5-4-9(7-17(10)13)14(18)19-2/h3,6,9H,4-5,7H2,1-2H3. The van der Waals surface area contributed by atoms with Gasteiger partial charge in [0.25, 0.3) is 0 Å². The zero-order valence-corrected chi connectivity index (χ0v) is 12.1. The molecule has 0 N–H and O–H groups in total. The molecule has 0 spiro atoms. The summed E-state index contributed by atoms with van der Waals surface area (Å²) in [6.07, 6.45) is 1.44. The van der Waals surface area contributed by atoms with Gasteiger partial charge in [0.1, 0.15) is 5.76 Å². The van der Waals surface area contributed by atoms with Crippen LogP contribution in [0.1, 0.15) is 17.9 Å². The summed E-state index contributed by atoms with van der Waals surface area (Å²) in [6.45, 7) is 2.40. The van der Waals surface area contributed by atoms with E-state index in [-0.39, 0.29) is 11.9 Å². The van der Waals surface area contributed by atoms with Crippen LogP contribution < -0.4 is 0 Å². The first-order valence-corrected chi connectivity index (χ1v) is 6.87. The third kappa shape index (κ3) is 2.12. The Balaban J connectivity index is 2.01. The van der Waals surface area contributed by atoms with E-state index in [1.165, 1.54) is 7.11 Å². The molecule has 0 aliphatic carbocycles. The van der Waals surface area contributed by atoms with Gasteiger partial charge in [-0.05, 0) is 31.9 Å². The molecule has 0 amide bonds. The molecular formula is C14H15ClN2O3. The molecule has 2 aromatic heterocycles. The zero-order chi connectivity index (χ0) is 14.3. The number of hydrogen-bond donors (Lipinski definition) is 0. The molecule has 1 aliphatic rings. The number of aryl methyl sites for hydroxylation is 1. The fourth-order valence-corrected chi connectivity index (χ4v) is 2.89. The summed E-state index contributed by atoms with van der Waals surface area (Å²) in [4.78, 5) is 16.1. The van der Waals surface area contributed by atoms with E-state index in [1.54, 1.807) is 0 Å². The Labute approximate surface area is 121 Å². The maximum Gasteiger partial charge on any atom is 0.310 e. The van der Waals surface area contributed by atoms with E-state index < -0.39 is 0 Å². The van der Waals surface area contributed by atoms with E-state index in [4.69, 9.17) is 20.8 Å². The van der Waals surface area contributed by atoms with Gasteiger partial charge in [0.2, 0.25) is 0 Å². The molecule has 1 unspecified atom stereocenters. The predicted molar refractivity (Wildman–Crippen MR) is 73.5 cm³/mol. The summed E-state index contributed by atoms with van der Waals surface area (Å²) >= 11 is 6.19. The largest absolute Gasteiger partial charge is 0.469 e. The average molecular weight is 295 g/mol. The number of hydrogen-bond acceptors (Lipinski definition) is 4. The summed E-state index contributed by atoms with van der Waals surface area (Å²) in [5, 5.41) is 0.484. The molecule has 0 aromatic carbocycles. The molecular weight excluding hydrogens is 280 g/mol. The molecule has 0 bridgehead atoms. The summed E-state index contributed by atoms with van der Waals surface area (Å²) in [5.41, 5.74) is 0.955. The third-order valence-electron chi connectivity index (χ3n) is 3.65. The van der Waals surface area contributed by atoms with Crippen LogP contribution in [0, 0.1) is 12.8 Å². The van der Waals surface area contributed by atoms with E-state index >= 15 is 0 Å². The van der Waals surface area contributed by atoms with Crippen molar-refractivity contribution in [3.05, 3.63) is 28.7 Å². The smallest absolute Gasteiger partial charge is 0.310 e. The van der Waals surface area contributed by atoms with Gasteiger partial charge in [-0.3, -0.25) is 4.79 Å². The van der Waals surface area contributed by atoms with Crippen molar-refractivity contribution >= 4 is 17.6 Å². The molecule has 6 heteroatoms. The third-order valence-corrected chi connectivity index (χ3v) is 3.95. The molecule has 0 fully saturated rings. The lowest BCUT2D eigenvalue weighted by Crippen LogP contribution is -2.27. The predicted octanol–water partition coefficient (Wildman–Crippen LogP) is 2.84. The molecule has 20 heavy (non-hydrogen) atoms. The quantitative estimate of drug-likeness (QED) is 0.799. The average Bonchev–Trinajstić information content (AvgIpc) is 3.02. The van der Waals surface area contributed by atoms with Gasteiger partial charge < -0.3 is 13.7 Å². The van der Waals surface area contributed by atoms with Crippen LogP contribution in [0.25, 0.3) is 11.6 Å². The number of carbonyl (C=O) groups excluding carboxylic acids is 1. The minimum atomic E-state index is -0.193. The van der Waals surface area contributed by atoms with E-state index in [0.717, 1.165) is 17.9 Å². The Bertz CT molecular complexity index is 659. The van der Waals surface area contributed by atoms with Gasteiger partial charge >= 0.3 is 5.97 Å². The number of aromatic nitrogens is 2. The van der Waals surface area contributed by atoms with Crippen LogP contribution in [-0.2, 0) is 22.5 Å². The summed E-state index contributed by atoms with van der Waals surface area (Å²) in [5.74, 6) is 1.80. The minimum Gasteiger partial charge on any atom is -0.469 e. The minimum absolute atomic E-state index is 0.160. The number of ether oxygens (including phenoxy) is 1. The highest BCUT2D eigenvalue weighted by Crippen LogP contribution is 2.33. The van der Waals surface area contributed by atoms with Crippen LogP contribution >= 0.6 is 11.6 Å². The lowest BCUT2D eigenvalue weighted by molar-refractivity contribution is -0.146. The molecule has 0 saturated heterocycles. The number of imidazole rings is 1. The number of nitrogens with zero attached hydrogens (tertiary/aromatic N) is 2. The molecule has 1 atom stereocenters. The number of furan rings is 1. The van der Waals surface area contributed by atoms with E-state index in [9.17, 15) is 4.79 Å². The maximum atomic E-state index is 11.7. The Morgan fingerprint density at radius 1 is 1.55 bits per heavy atom. The summed E-state index contributed by atoms with van der Waals surface area (Å²) in [7, 11) is 1.41. The van der Waals surface area contributed by atoms with E-state index in [2.05, 4.69) is 4.98 Å². The molecule has 5 nitrogen and oxygen atoms in total. The van der Waals surface area contributed by atoms with Crippen LogP contribution in [0.15, 0.2) is 16.5 Å². The van der Waals surface area contributed by atoms with Gasteiger partial charge in [-0.2, -0.15) is 0 Å². The van der Waals surface area contributed by atoms with Crippen molar-refractivity contribution < 1.29 is 13.9 Å². The highest BCUT2D eigenvalue weighted by atomic mass is 35.5.